The van der Waals surface area contributed by atoms with Crippen LogP contribution in [0, 0.1) is 58.7 Å². The molecule has 4 nitrogen and oxygen atoms in total. The number of hydrogen-bond donors (Lipinski definition) is 2. The third kappa shape index (κ3) is 27.6. The van der Waals surface area contributed by atoms with Crippen LogP contribution in [0.3, 0.4) is 0 Å². The molecule has 65 heavy (non-hydrogen) atoms. The van der Waals surface area contributed by atoms with E-state index in [9.17, 15) is 19.0 Å². The first kappa shape index (κ1) is 64.7. The lowest BCUT2D eigenvalue weighted by Crippen LogP contribution is -2.37. The standard InChI is InChI=1S/C12H24.C11H22O.C10H21N.C10H20O.C8H16O.C7H12F2.CH4/c1-4-12(10-11(2)3)8-6-5-7-9-12;1-10(2)6-9-11(12)7-4-3-5-8-11;1-4-11-7-5-6-10(11)8-9(2)3;1-4-10(8(2)3)9-5-6-11-7-9;1-7(2)6-8(9)4-3-5-8;1-5(2)6-3-7(8,9)4-6;/h11H,4-10H2,1-3H3;10,12H,3-9H2,1-2H3;9-10H,4-8H2,1-3H3;8-10H,4-7H2,1-3H3;7,9H,3-6H2,1-2H3;5-6H,3-4H2,1-2H3;1H4. The number of likely N-dealkylation sites (tertiary alicyclic amines) is 1. The summed E-state index contributed by atoms with van der Waals surface area (Å²) in [6.07, 6.45) is 29.8. The van der Waals surface area contributed by atoms with E-state index in [1.54, 1.807) is 0 Å². The molecule has 0 bridgehead atoms. The number of alkyl halides is 2. The fourth-order valence-corrected chi connectivity index (χ4v) is 12.0. The van der Waals surface area contributed by atoms with Crippen LogP contribution in [0.2, 0.25) is 0 Å². The first-order chi connectivity index (χ1) is 29.9. The topological polar surface area (TPSA) is 52.9 Å². The summed E-state index contributed by atoms with van der Waals surface area (Å²) < 4.78 is 29.7. The third-order valence-electron chi connectivity index (χ3n) is 16.2. The first-order valence-corrected chi connectivity index (χ1v) is 28.1. The van der Waals surface area contributed by atoms with Crippen LogP contribution in [0.15, 0.2) is 0 Å². The van der Waals surface area contributed by atoms with Crippen LogP contribution in [0.4, 0.5) is 8.78 Å². The monoisotopic (exact) mass is 928 g/mol. The highest BCUT2D eigenvalue weighted by atomic mass is 19.3. The zero-order valence-electron chi connectivity index (χ0n) is 45.8. The summed E-state index contributed by atoms with van der Waals surface area (Å²) in [7, 11) is 0. The lowest BCUT2D eigenvalue weighted by molar-refractivity contribution is -0.122. The Morgan fingerprint density at radius 2 is 1.15 bits per heavy atom. The second kappa shape index (κ2) is 33.3. The molecule has 6 fully saturated rings. The number of rotatable bonds is 15. The highest BCUT2D eigenvalue weighted by Crippen LogP contribution is 2.46. The van der Waals surface area contributed by atoms with E-state index in [0.29, 0.717) is 11.8 Å². The normalized spacial score (nSPS) is 24.7. The average molecular weight is 929 g/mol. The molecule has 2 saturated heterocycles. The summed E-state index contributed by atoms with van der Waals surface area (Å²) in [6.45, 7) is 38.4. The van der Waals surface area contributed by atoms with Gasteiger partial charge >= 0.3 is 0 Å². The van der Waals surface area contributed by atoms with Crippen molar-refractivity contribution in [2.45, 2.75) is 295 Å². The molecule has 2 aliphatic heterocycles. The van der Waals surface area contributed by atoms with Crippen LogP contribution in [0.1, 0.15) is 272 Å². The minimum atomic E-state index is -2.32. The van der Waals surface area contributed by atoms with E-state index in [1.165, 1.54) is 122 Å². The molecule has 4 saturated carbocycles. The van der Waals surface area contributed by atoms with Gasteiger partial charge in [-0.2, -0.15) is 0 Å². The Morgan fingerprint density at radius 3 is 1.49 bits per heavy atom. The van der Waals surface area contributed by atoms with Gasteiger partial charge in [0, 0.05) is 32.1 Å². The minimum Gasteiger partial charge on any atom is -0.390 e. The van der Waals surface area contributed by atoms with Gasteiger partial charge in [0.05, 0.1) is 11.2 Å². The van der Waals surface area contributed by atoms with Gasteiger partial charge < -0.3 is 19.8 Å². The Kier molecular flexibility index (Phi) is 33.2. The zero-order valence-corrected chi connectivity index (χ0v) is 45.8. The quantitative estimate of drug-likeness (QED) is 0.172. The summed E-state index contributed by atoms with van der Waals surface area (Å²) >= 11 is 0. The van der Waals surface area contributed by atoms with Crippen molar-refractivity contribution in [3.8, 4) is 0 Å². The van der Waals surface area contributed by atoms with Gasteiger partial charge in [-0.15, -0.1) is 0 Å². The minimum absolute atomic E-state index is 0. The average Bonchev–Trinajstić information content (AvgIpc) is 3.90. The molecule has 6 aliphatic rings. The van der Waals surface area contributed by atoms with Crippen LogP contribution in [0.25, 0.3) is 0 Å². The van der Waals surface area contributed by atoms with Gasteiger partial charge in [0.15, 0.2) is 0 Å². The van der Waals surface area contributed by atoms with Crippen molar-refractivity contribution in [1.29, 1.82) is 0 Å². The number of ether oxygens (including phenoxy) is 1. The van der Waals surface area contributed by atoms with Gasteiger partial charge in [-0.3, -0.25) is 0 Å². The SMILES string of the molecule is C.CC(C)C1CC(F)(F)C1.CC(C)CC1(O)CCC1.CC(C)CCC1(O)CCCCC1.CCC(C(C)C)C1CCOC1.CCC1(CC(C)C)CCCCC1.CCN1CCCC1CC(C)C. The Hall–Kier alpha value is -0.300. The molecule has 0 amide bonds. The van der Waals surface area contributed by atoms with Crippen molar-refractivity contribution in [3.05, 3.63) is 0 Å². The molecule has 0 radical (unpaired) electrons. The molecule has 2 heterocycles. The van der Waals surface area contributed by atoms with Crippen LogP contribution < -0.4 is 0 Å². The van der Waals surface area contributed by atoms with Gasteiger partial charge in [0.25, 0.3) is 0 Å². The molecule has 0 spiro atoms. The van der Waals surface area contributed by atoms with Crippen molar-refractivity contribution in [1.82, 2.24) is 4.90 Å². The van der Waals surface area contributed by atoms with E-state index in [0.717, 1.165) is 98.7 Å². The van der Waals surface area contributed by atoms with Crippen molar-refractivity contribution in [2.75, 3.05) is 26.3 Å². The van der Waals surface area contributed by atoms with E-state index < -0.39 is 5.92 Å². The maximum atomic E-state index is 12.1. The second-order valence-electron chi connectivity index (χ2n) is 24.7. The van der Waals surface area contributed by atoms with Gasteiger partial charge in [-0.25, -0.2) is 8.78 Å². The predicted octanol–water partition coefficient (Wildman–Crippen LogP) is 18.0. The Labute approximate surface area is 407 Å². The summed E-state index contributed by atoms with van der Waals surface area (Å²) in [6, 6.07) is 0.903. The summed E-state index contributed by atoms with van der Waals surface area (Å²) in [5.41, 5.74) is 0.198. The van der Waals surface area contributed by atoms with Crippen molar-refractivity contribution < 1.29 is 23.7 Å². The maximum absolute atomic E-state index is 12.1. The van der Waals surface area contributed by atoms with Gasteiger partial charge in [-0.05, 0) is 168 Å². The summed E-state index contributed by atoms with van der Waals surface area (Å²) in [5, 5.41) is 19.7. The zero-order chi connectivity index (χ0) is 48.6. The van der Waals surface area contributed by atoms with Crippen LogP contribution in [0.5, 0.6) is 0 Å². The second-order valence-corrected chi connectivity index (χ2v) is 24.7. The van der Waals surface area contributed by atoms with Crippen molar-refractivity contribution in [3.63, 3.8) is 0 Å². The number of nitrogens with zero attached hydrogens (tertiary/aromatic N) is 1. The molecule has 3 unspecified atom stereocenters. The highest BCUT2D eigenvalue weighted by molar-refractivity contribution is 4.89. The van der Waals surface area contributed by atoms with E-state index in [1.807, 2.05) is 13.8 Å². The Bertz CT molecular complexity index is 1110. The van der Waals surface area contributed by atoms with Crippen molar-refractivity contribution in [2.24, 2.45) is 58.7 Å². The Balaban J connectivity index is 0.000000756. The molecule has 3 atom stereocenters. The molecule has 0 aromatic rings. The summed E-state index contributed by atoms with van der Waals surface area (Å²) in [5.74, 6) is 4.09. The van der Waals surface area contributed by atoms with Crippen LogP contribution in [-0.2, 0) is 4.74 Å². The fraction of sp³-hybridized carbons (Fsp3) is 1.00. The number of aliphatic hydroxyl groups is 2. The highest BCUT2D eigenvalue weighted by Gasteiger charge is 2.46. The largest absolute Gasteiger partial charge is 0.390 e. The third-order valence-corrected chi connectivity index (χ3v) is 16.2. The molecular formula is C59H119F2NO3. The van der Waals surface area contributed by atoms with Crippen LogP contribution in [-0.4, -0.2) is 64.6 Å². The molecule has 0 aromatic carbocycles. The van der Waals surface area contributed by atoms with E-state index in [4.69, 9.17) is 4.74 Å². The molecule has 6 heteroatoms. The number of halogens is 2. The van der Waals surface area contributed by atoms with Gasteiger partial charge in [0.1, 0.15) is 0 Å². The maximum Gasteiger partial charge on any atom is 0.248 e. The van der Waals surface area contributed by atoms with E-state index in [-0.39, 0.29) is 37.4 Å². The lowest BCUT2D eigenvalue weighted by Gasteiger charge is -2.38. The van der Waals surface area contributed by atoms with Crippen molar-refractivity contribution >= 4 is 0 Å². The van der Waals surface area contributed by atoms with Gasteiger partial charge in [0.2, 0.25) is 5.92 Å². The number of hydrogen-bond acceptors (Lipinski definition) is 4. The molecular weight excluding hydrogens is 809 g/mol. The predicted molar refractivity (Wildman–Crippen MR) is 282 cm³/mol. The lowest BCUT2D eigenvalue weighted by atomic mass is 9.68. The Morgan fingerprint density at radius 1 is 0.615 bits per heavy atom. The van der Waals surface area contributed by atoms with E-state index in [2.05, 4.69) is 94.9 Å². The first-order valence-electron chi connectivity index (χ1n) is 28.1. The smallest absolute Gasteiger partial charge is 0.248 e. The fourth-order valence-electron chi connectivity index (χ4n) is 12.0. The van der Waals surface area contributed by atoms with E-state index >= 15 is 0 Å². The molecule has 4 aliphatic carbocycles. The molecule has 6 rings (SSSR count). The molecule has 392 valence electrons. The summed E-state index contributed by atoms with van der Waals surface area (Å²) in [4.78, 5) is 2.62. The molecule has 0 aromatic heterocycles. The van der Waals surface area contributed by atoms with Crippen LogP contribution >= 0.6 is 0 Å². The molecule has 2 N–H and O–H groups in total. The van der Waals surface area contributed by atoms with Gasteiger partial charge in [-0.1, -0.05) is 163 Å².